The summed E-state index contributed by atoms with van der Waals surface area (Å²) in [6, 6.07) is 14.1. The van der Waals surface area contributed by atoms with Gasteiger partial charge in [-0.25, -0.2) is 5.43 Å². The molecular weight excluding hydrogens is 320 g/mol. The normalized spacial score (nSPS) is 11.5. The number of aliphatic hydroxyl groups excluding tert-OH is 1. The van der Waals surface area contributed by atoms with E-state index in [-0.39, 0.29) is 24.7 Å². The quantitative estimate of drug-likeness (QED) is 0.410. The molecule has 0 fully saturated rings. The van der Waals surface area contributed by atoms with E-state index in [4.69, 9.17) is 9.84 Å². The van der Waals surface area contributed by atoms with Crippen molar-refractivity contribution in [3.63, 3.8) is 0 Å². The maximum atomic E-state index is 12.2. The number of carbonyl (C=O) groups is 1. The second kappa shape index (κ2) is 9.24. The number of aromatic hydroxyl groups is 1. The van der Waals surface area contributed by atoms with Gasteiger partial charge in [0, 0.05) is 18.6 Å². The first-order chi connectivity index (χ1) is 12.1. The average Bonchev–Trinajstić information content (AvgIpc) is 2.63. The minimum absolute atomic E-state index is 0.0275. The number of hydrazone groups is 1. The minimum atomic E-state index is -0.389. The van der Waals surface area contributed by atoms with E-state index in [0.29, 0.717) is 16.9 Å². The van der Waals surface area contributed by atoms with Gasteiger partial charge in [0.15, 0.2) is 11.5 Å². The lowest BCUT2D eigenvalue weighted by Gasteiger charge is -2.05. The monoisotopic (exact) mass is 340 g/mol. The highest BCUT2D eigenvalue weighted by Crippen LogP contribution is 2.25. The van der Waals surface area contributed by atoms with Crippen LogP contribution >= 0.6 is 0 Å². The molecule has 0 saturated heterocycles. The van der Waals surface area contributed by atoms with Crippen LogP contribution in [-0.2, 0) is 4.79 Å². The number of phenols is 1. The van der Waals surface area contributed by atoms with Gasteiger partial charge in [-0.05, 0) is 35.4 Å². The highest BCUT2D eigenvalue weighted by Gasteiger charge is 2.08. The molecule has 0 heterocycles. The minimum Gasteiger partial charge on any atom is -0.504 e. The highest BCUT2D eigenvalue weighted by atomic mass is 16.5. The number of benzene rings is 2. The van der Waals surface area contributed by atoms with Gasteiger partial charge in [0.2, 0.25) is 0 Å². The third-order valence-corrected chi connectivity index (χ3v) is 3.40. The number of nitrogens with one attached hydrogen (secondary N) is 1. The third-order valence-electron chi connectivity index (χ3n) is 3.40. The van der Waals surface area contributed by atoms with Gasteiger partial charge in [-0.3, -0.25) is 4.79 Å². The summed E-state index contributed by atoms with van der Waals surface area (Å²) in [6.07, 6.45) is 3.38. The van der Waals surface area contributed by atoms with Crippen molar-refractivity contribution < 1.29 is 19.7 Å². The average molecular weight is 340 g/mol. The van der Waals surface area contributed by atoms with Crippen LogP contribution in [0.5, 0.6) is 11.5 Å². The van der Waals surface area contributed by atoms with Crippen molar-refractivity contribution in [1.82, 2.24) is 5.43 Å². The number of phenolic OH excluding ortho intramolecular Hbond substituents is 1. The standard InChI is InChI=1S/C19H20N2O4/c1-25-18-12-15(7-8-17(18)23)13-20-21-19(24)16(9-10-22)11-14-5-3-2-4-6-14/h2-8,11-13,22-23H,9-10H2,1H3,(H,21,24)/b16-11+,20-13-. The zero-order valence-electron chi connectivity index (χ0n) is 13.8. The number of ether oxygens (including phenoxy) is 1. The molecule has 6 nitrogen and oxygen atoms in total. The van der Waals surface area contributed by atoms with E-state index in [2.05, 4.69) is 10.5 Å². The molecule has 3 N–H and O–H groups in total. The molecule has 0 aliphatic carbocycles. The smallest absolute Gasteiger partial charge is 0.267 e. The van der Waals surface area contributed by atoms with Gasteiger partial charge in [-0.15, -0.1) is 0 Å². The van der Waals surface area contributed by atoms with Crippen LogP contribution in [0.25, 0.3) is 6.08 Å². The zero-order chi connectivity index (χ0) is 18.1. The van der Waals surface area contributed by atoms with Crippen molar-refractivity contribution in [3.05, 3.63) is 65.2 Å². The molecule has 0 aliphatic rings. The van der Waals surface area contributed by atoms with Crippen molar-refractivity contribution in [2.24, 2.45) is 5.10 Å². The number of rotatable bonds is 7. The number of hydrogen-bond donors (Lipinski definition) is 3. The molecule has 6 heteroatoms. The molecule has 0 aromatic heterocycles. The Bertz CT molecular complexity index is 770. The van der Waals surface area contributed by atoms with Crippen molar-refractivity contribution in [2.45, 2.75) is 6.42 Å². The van der Waals surface area contributed by atoms with Crippen molar-refractivity contribution in [3.8, 4) is 11.5 Å². The Morgan fingerprint density at radius 1 is 1.20 bits per heavy atom. The Kier molecular flexibility index (Phi) is 6.74. The summed E-state index contributed by atoms with van der Waals surface area (Å²) >= 11 is 0. The van der Waals surface area contributed by atoms with E-state index in [1.807, 2.05) is 30.3 Å². The molecule has 25 heavy (non-hydrogen) atoms. The molecule has 0 spiro atoms. The zero-order valence-corrected chi connectivity index (χ0v) is 13.8. The highest BCUT2D eigenvalue weighted by molar-refractivity contribution is 5.98. The summed E-state index contributed by atoms with van der Waals surface area (Å²) in [5.74, 6) is -0.0418. The van der Waals surface area contributed by atoms with Gasteiger partial charge < -0.3 is 14.9 Å². The number of aliphatic hydroxyl groups is 1. The van der Waals surface area contributed by atoms with Gasteiger partial charge in [0.1, 0.15) is 0 Å². The van der Waals surface area contributed by atoms with Crippen molar-refractivity contribution in [2.75, 3.05) is 13.7 Å². The molecule has 130 valence electrons. The maximum absolute atomic E-state index is 12.2. The van der Waals surface area contributed by atoms with Crippen molar-refractivity contribution in [1.29, 1.82) is 0 Å². The lowest BCUT2D eigenvalue weighted by Crippen LogP contribution is -2.20. The number of amides is 1. The second-order valence-corrected chi connectivity index (χ2v) is 5.18. The summed E-state index contributed by atoms with van der Waals surface area (Å²) in [5.41, 5.74) is 4.39. The van der Waals surface area contributed by atoms with Gasteiger partial charge in [-0.1, -0.05) is 30.3 Å². The van der Waals surface area contributed by atoms with E-state index >= 15 is 0 Å². The van der Waals surface area contributed by atoms with Gasteiger partial charge in [-0.2, -0.15) is 5.10 Å². The van der Waals surface area contributed by atoms with E-state index in [9.17, 15) is 9.90 Å². The first-order valence-electron chi connectivity index (χ1n) is 7.71. The van der Waals surface area contributed by atoms with Crippen LogP contribution in [0.1, 0.15) is 17.5 Å². The molecule has 2 rings (SSSR count). The topological polar surface area (TPSA) is 91.2 Å². The predicted molar refractivity (Wildman–Crippen MR) is 96.5 cm³/mol. The van der Waals surface area contributed by atoms with Crippen LogP contribution in [0.3, 0.4) is 0 Å². The molecule has 0 saturated carbocycles. The van der Waals surface area contributed by atoms with E-state index < -0.39 is 0 Å². The molecule has 2 aromatic rings. The summed E-state index contributed by atoms with van der Waals surface area (Å²) in [6.45, 7) is -0.134. The molecule has 2 aromatic carbocycles. The van der Waals surface area contributed by atoms with Crippen LogP contribution in [0, 0.1) is 0 Å². The van der Waals surface area contributed by atoms with Crippen LogP contribution in [0.15, 0.2) is 59.2 Å². The first-order valence-corrected chi connectivity index (χ1v) is 7.71. The molecule has 0 bridgehead atoms. The predicted octanol–water partition coefficient (Wildman–Crippen LogP) is 2.32. The number of carbonyl (C=O) groups excluding carboxylic acids is 1. The molecular formula is C19H20N2O4. The largest absolute Gasteiger partial charge is 0.504 e. The van der Waals surface area contributed by atoms with Crippen LogP contribution in [0.2, 0.25) is 0 Å². The lowest BCUT2D eigenvalue weighted by molar-refractivity contribution is -0.117. The Morgan fingerprint density at radius 3 is 2.64 bits per heavy atom. The van der Waals surface area contributed by atoms with Crippen molar-refractivity contribution >= 4 is 18.2 Å². The second-order valence-electron chi connectivity index (χ2n) is 5.18. The fourth-order valence-electron chi connectivity index (χ4n) is 2.13. The third kappa shape index (κ3) is 5.47. The lowest BCUT2D eigenvalue weighted by atomic mass is 10.1. The van der Waals surface area contributed by atoms with Gasteiger partial charge in [0.05, 0.1) is 13.3 Å². The van der Waals surface area contributed by atoms with Gasteiger partial charge in [0.25, 0.3) is 5.91 Å². The number of nitrogens with zero attached hydrogens (tertiary/aromatic N) is 1. The molecule has 0 unspecified atom stereocenters. The fourth-order valence-corrected chi connectivity index (χ4v) is 2.13. The van der Waals surface area contributed by atoms with Crippen LogP contribution in [-0.4, -0.2) is 36.1 Å². The Hall–Kier alpha value is -3.12. The Morgan fingerprint density at radius 2 is 1.96 bits per heavy atom. The first kappa shape index (κ1) is 18.2. The summed E-state index contributed by atoms with van der Waals surface area (Å²) in [4.78, 5) is 12.2. The molecule has 1 amide bonds. The summed E-state index contributed by atoms with van der Waals surface area (Å²) in [7, 11) is 1.45. The fraction of sp³-hybridized carbons (Fsp3) is 0.158. The summed E-state index contributed by atoms with van der Waals surface area (Å²) in [5, 5.41) is 22.6. The van der Waals surface area contributed by atoms with E-state index in [0.717, 1.165) is 5.56 Å². The molecule has 0 radical (unpaired) electrons. The number of methoxy groups -OCH3 is 1. The Labute approximate surface area is 146 Å². The molecule has 0 atom stereocenters. The SMILES string of the molecule is COc1cc(/C=N\NC(=O)/C(=C/c2ccccc2)CCO)ccc1O. The molecule has 0 aliphatic heterocycles. The van der Waals surface area contributed by atoms with Crippen LogP contribution < -0.4 is 10.2 Å². The number of hydrogen-bond acceptors (Lipinski definition) is 5. The van der Waals surface area contributed by atoms with Crippen LogP contribution in [0.4, 0.5) is 0 Å². The van der Waals surface area contributed by atoms with E-state index in [1.165, 1.54) is 19.4 Å². The summed E-state index contributed by atoms with van der Waals surface area (Å²) < 4.78 is 5.01. The van der Waals surface area contributed by atoms with E-state index in [1.54, 1.807) is 18.2 Å². The van der Waals surface area contributed by atoms with Gasteiger partial charge >= 0.3 is 0 Å². The maximum Gasteiger partial charge on any atom is 0.267 e. The Balaban J connectivity index is 2.07.